The summed E-state index contributed by atoms with van der Waals surface area (Å²) >= 11 is 11.8. The molecule has 0 fully saturated rings. The van der Waals surface area contributed by atoms with Crippen LogP contribution < -0.4 is 10.2 Å². The summed E-state index contributed by atoms with van der Waals surface area (Å²) in [5.41, 5.74) is 0.376. The lowest BCUT2D eigenvalue weighted by Crippen LogP contribution is -3.06. The summed E-state index contributed by atoms with van der Waals surface area (Å²) in [7, 11) is 5.62. The average Bonchev–Trinajstić information content (AvgIpc) is 2.49. The van der Waals surface area contributed by atoms with Crippen LogP contribution in [0, 0.1) is 0 Å². The van der Waals surface area contributed by atoms with Crippen LogP contribution in [-0.2, 0) is 9.47 Å². The summed E-state index contributed by atoms with van der Waals surface area (Å²) in [5.74, 6) is -0.364. The van der Waals surface area contributed by atoms with Gasteiger partial charge >= 0.3 is 0 Å². The molecule has 0 aliphatic rings. The smallest absolute Gasteiger partial charge is 0.291 e. The van der Waals surface area contributed by atoms with Crippen molar-refractivity contribution in [3.63, 3.8) is 0 Å². The first-order chi connectivity index (χ1) is 10.9. The van der Waals surface area contributed by atoms with Gasteiger partial charge in [0, 0.05) is 12.7 Å². The Labute approximate surface area is 146 Å². The van der Waals surface area contributed by atoms with E-state index in [4.69, 9.17) is 32.7 Å². The molecule has 0 radical (unpaired) electrons. The molecule has 1 amide bonds. The quantitative estimate of drug-likeness (QED) is 0.430. The van der Waals surface area contributed by atoms with E-state index in [1.807, 2.05) is 14.1 Å². The molecule has 1 aromatic rings. The van der Waals surface area contributed by atoms with E-state index in [-0.39, 0.29) is 11.9 Å². The predicted molar refractivity (Wildman–Crippen MR) is 91.7 cm³/mol. The zero-order valence-electron chi connectivity index (χ0n) is 13.5. The number of likely N-dealkylation sites (N-methyl/N-ethyl adjacent to an activating group) is 1. The van der Waals surface area contributed by atoms with Gasteiger partial charge in [0.25, 0.3) is 11.9 Å². The molecule has 0 saturated heterocycles. The summed E-state index contributed by atoms with van der Waals surface area (Å²) in [6, 6.07) is 4.81. The molecular formula is C15H22Cl2N3O3+. The summed E-state index contributed by atoms with van der Waals surface area (Å²) < 4.78 is 10.4. The van der Waals surface area contributed by atoms with Gasteiger partial charge < -0.3 is 14.4 Å². The number of aliphatic imine (C=N–C) groups is 1. The van der Waals surface area contributed by atoms with E-state index in [9.17, 15) is 4.79 Å². The van der Waals surface area contributed by atoms with Gasteiger partial charge in [0.1, 0.15) is 6.61 Å². The summed E-state index contributed by atoms with van der Waals surface area (Å²) in [6.07, 6.45) is 0. The van der Waals surface area contributed by atoms with Crippen molar-refractivity contribution < 1.29 is 19.2 Å². The number of quaternary nitrogens is 1. The molecule has 23 heavy (non-hydrogen) atoms. The highest BCUT2D eigenvalue weighted by Gasteiger charge is 2.12. The Kier molecular flexibility index (Phi) is 8.94. The SMILES string of the molecule is COCCOC(=NCC[NH+](C)C)NC(=O)c1ccc(Cl)c(Cl)c1. The molecule has 0 unspecified atom stereocenters. The zero-order valence-corrected chi connectivity index (χ0v) is 15.0. The van der Waals surface area contributed by atoms with Gasteiger partial charge in [-0.3, -0.25) is 10.1 Å². The topological polar surface area (TPSA) is 64.4 Å². The van der Waals surface area contributed by atoms with Gasteiger partial charge in [0.05, 0.1) is 43.8 Å². The Balaban J connectivity index is 2.73. The van der Waals surface area contributed by atoms with Gasteiger partial charge in [-0.25, -0.2) is 4.99 Å². The second-order valence-electron chi connectivity index (χ2n) is 5.07. The predicted octanol–water partition coefficient (Wildman–Crippen LogP) is 0.887. The van der Waals surface area contributed by atoms with Crippen molar-refractivity contribution >= 4 is 35.1 Å². The van der Waals surface area contributed by atoms with Crippen LogP contribution in [0.3, 0.4) is 0 Å². The highest BCUT2D eigenvalue weighted by molar-refractivity contribution is 6.42. The third-order valence-corrected chi connectivity index (χ3v) is 3.53. The molecule has 6 nitrogen and oxygen atoms in total. The maximum Gasteiger partial charge on any atom is 0.291 e. The number of amides is 1. The number of methoxy groups -OCH3 is 1. The van der Waals surface area contributed by atoms with Crippen molar-refractivity contribution in [1.29, 1.82) is 0 Å². The third-order valence-electron chi connectivity index (χ3n) is 2.80. The molecule has 8 heteroatoms. The average molecular weight is 363 g/mol. The lowest BCUT2D eigenvalue weighted by Gasteiger charge is -2.11. The van der Waals surface area contributed by atoms with E-state index < -0.39 is 0 Å². The third kappa shape index (κ3) is 7.65. The Morgan fingerprint density at radius 1 is 1.26 bits per heavy atom. The molecule has 0 aromatic heterocycles. The fraction of sp³-hybridized carbons (Fsp3) is 0.467. The molecule has 2 N–H and O–H groups in total. The Morgan fingerprint density at radius 2 is 2.00 bits per heavy atom. The molecule has 1 aromatic carbocycles. The molecule has 1 rings (SSSR count). The molecule has 0 heterocycles. The van der Waals surface area contributed by atoms with Crippen molar-refractivity contribution in [2.45, 2.75) is 0 Å². The van der Waals surface area contributed by atoms with Crippen LogP contribution in [0.4, 0.5) is 0 Å². The number of halogens is 2. The molecule has 0 aliphatic heterocycles. The molecule has 0 saturated carbocycles. The van der Waals surface area contributed by atoms with Gasteiger partial charge in [-0.15, -0.1) is 0 Å². The number of rotatable bonds is 7. The first-order valence-corrected chi connectivity index (χ1v) is 7.91. The van der Waals surface area contributed by atoms with Gasteiger partial charge in [-0.2, -0.15) is 0 Å². The fourth-order valence-electron chi connectivity index (χ4n) is 1.53. The minimum absolute atomic E-state index is 0.166. The van der Waals surface area contributed by atoms with Gasteiger partial charge in [0.2, 0.25) is 0 Å². The summed E-state index contributed by atoms with van der Waals surface area (Å²) in [5, 5.41) is 3.34. The van der Waals surface area contributed by atoms with Crippen molar-refractivity contribution in [2.24, 2.45) is 4.99 Å². The van der Waals surface area contributed by atoms with E-state index in [0.29, 0.717) is 35.4 Å². The Bertz CT molecular complexity index is 551. The van der Waals surface area contributed by atoms with Crippen molar-refractivity contribution in [1.82, 2.24) is 5.32 Å². The second kappa shape index (κ2) is 10.4. The number of ether oxygens (including phenoxy) is 2. The van der Waals surface area contributed by atoms with Crippen LogP contribution in [0.25, 0.3) is 0 Å². The number of benzene rings is 1. The molecule has 0 atom stereocenters. The van der Waals surface area contributed by atoms with Crippen LogP contribution in [-0.4, -0.2) is 59.4 Å². The molecule has 0 spiro atoms. The number of hydrogen-bond acceptors (Lipinski definition) is 4. The van der Waals surface area contributed by atoms with Crippen LogP contribution in [0.15, 0.2) is 23.2 Å². The maximum absolute atomic E-state index is 12.2. The van der Waals surface area contributed by atoms with Gasteiger partial charge in [-0.05, 0) is 18.2 Å². The van der Waals surface area contributed by atoms with Gasteiger partial charge in [0.15, 0.2) is 0 Å². The van der Waals surface area contributed by atoms with Crippen LogP contribution in [0.5, 0.6) is 0 Å². The molecular weight excluding hydrogens is 341 g/mol. The molecule has 0 aliphatic carbocycles. The number of amidine groups is 1. The van der Waals surface area contributed by atoms with E-state index in [0.717, 1.165) is 6.54 Å². The van der Waals surface area contributed by atoms with Crippen molar-refractivity contribution in [3.05, 3.63) is 33.8 Å². The van der Waals surface area contributed by atoms with Gasteiger partial charge in [-0.1, -0.05) is 23.2 Å². The van der Waals surface area contributed by atoms with Crippen LogP contribution in [0.2, 0.25) is 10.0 Å². The minimum atomic E-state index is -0.364. The number of nitrogens with one attached hydrogen (secondary N) is 2. The second-order valence-corrected chi connectivity index (χ2v) is 5.88. The number of nitrogens with zero attached hydrogens (tertiary/aromatic N) is 1. The Hall–Kier alpha value is -1.34. The highest BCUT2D eigenvalue weighted by atomic mass is 35.5. The monoisotopic (exact) mass is 362 g/mol. The van der Waals surface area contributed by atoms with Crippen molar-refractivity contribution in [3.8, 4) is 0 Å². The normalized spacial score (nSPS) is 11.7. The number of carbonyl (C=O) groups excluding carboxylic acids is 1. The maximum atomic E-state index is 12.2. The molecule has 128 valence electrons. The summed E-state index contributed by atoms with van der Waals surface area (Å²) in [6.45, 7) is 2.05. The number of hydrogen-bond donors (Lipinski definition) is 2. The number of carbonyl (C=O) groups is 1. The summed E-state index contributed by atoms with van der Waals surface area (Å²) in [4.78, 5) is 17.8. The van der Waals surface area contributed by atoms with Crippen molar-refractivity contribution in [2.75, 3.05) is 47.5 Å². The van der Waals surface area contributed by atoms with Crippen LogP contribution in [0.1, 0.15) is 10.4 Å². The van der Waals surface area contributed by atoms with E-state index in [1.54, 1.807) is 19.2 Å². The standard InChI is InChI=1S/C15H21Cl2N3O3/c1-20(2)7-6-18-15(23-9-8-22-3)19-14(21)11-4-5-12(16)13(17)10-11/h4-5,10H,6-9H2,1-3H3,(H,18,19,21)/p+1. The zero-order chi connectivity index (χ0) is 17.2. The van der Waals surface area contributed by atoms with E-state index >= 15 is 0 Å². The lowest BCUT2D eigenvalue weighted by molar-refractivity contribution is -0.856. The van der Waals surface area contributed by atoms with E-state index in [1.165, 1.54) is 11.0 Å². The fourth-order valence-corrected chi connectivity index (χ4v) is 1.83. The highest BCUT2D eigenvalue weighted by Crippen LogP contribution is 2.22. The lowest BCUT2D eigenvalue weighted by atomic mass is 10.2. The first kappa shape index (κ1) is 19.7. The minimum Gasteiger partial charge on any atom is -0.463 e. The van der Waals surface area contributed by atoms with Crippen LogP contribution >= 0.6 is 23.2 Å². The van der Waals surface area contributed by atoms with E-state index in [2.05, 4.69) is 10.3 Å². The first-order valence-electron chi connectivity index (χ1n) is 7.15. The Morgan fingerprint density at radius 3 is 2.61 bits per heavy atom. The molecule has 0 bridgehead atoms. The largest absolute Gasteiger partial charge is 0.463 e.